The predicted octanol–water partition coefficient (Wildman–Crippen LogP) is 2.17. The lowest BCUT2D eigenvalue weighted by Crippen LogP contribution is -2.40. The minimum absolute atomic E-state index is 0.0469. The highest BCUT2D eigenvalue weighted by molar-refractivity contribution is 9.10. The maximum atomic E-state index is 12.2. The van der Waals surface area contributed by atoms with Crippen molar-refractivity contribution in [3.05, 3.63) is 28.5 Å². The first-order valence-electron chi connectivity index (χ1n) is 6.19. The number of pyridine rings is 1. The fraction of sp³-hybridized carbons (Fsp3) is 0.462. The number of nitrogens with zero attached hydrogens (tertiary/aromatic N) is 2. The number of rotatable bonds is 3. The molecule has 5 nitrogen and oxygen atoms in total. The largest absolute Gasteiger partial charge is 0.481 e. The van der Waals surface area contributed by atoms with Gasteiger partial charge in [0.15, 0.2) is 0 Å². The third-order valence-corrected chi connectivity index (χ3v) is 3.69. The molecule has 2 rings (SSSR count). The minimum atomic E-state index is -0.805. The van der Waals surface area contributed by atoms with E-state index in [1.807, 2.05) is 0 Å². The summed E-state index contributed by atoms with van der Waals surface area (Å²) in [5, 5.41) is 8.82. The Labute approximate surface area is 119 Å². The summed E-state index contributed by atoms with van der Waals surface area (Å²) in [4.78, 5) is 28.8. The number of hydrogen-bond donors (Lipinski definition) is 1. The van der Waals surface area contributed by atoms with Crippen LogP contribution in [0.25, 0.3) is 0 Å². The van der Waals surface area contributed by atoms with Crippen molar-refractivity contribution in [3.8, 4) is 0 Å². The van der Waals surface area contributed by atoms with Gasteiger partial charge in [0.05, 0.1) is 0 Å². The van der Waals surface area contributed by atoms with Crippen LogP contribution in [0, 0.1) is 5.92 Å². The van der Waals surface area contributed by atoms with E-state index in [2.05, 4.69) is 20.9 Å². The average molecular weight is 327 g/mol. The van der Waals surface area contributed by atoms with Crippen LogP contribution in [0.2, 0.25) is 0 Å². The summed E-state index contributed by atoms with van der Waals surface area (Å²) in [5.41, 5.74) is 0.402. The van der Waals surface area contributed by atoms with Gasteiger partial charge in [0.25, 0.3) is 5.91 Å². The maximum absolute atomic E-state index is 12.2. The van der Waals surface area contributed by atoms with E-state index in [1.54, 1.807) is 23.2 Å². The zero-order valence-corrected chi connectivity index (χ0v) is 12.0. The fourth-order valence-electron chi connectivity index (χ4n) is 2.33. The molecule has 0 aromatic carbocycles. The molecule has 1 fully saturated rings. The van der Waals surface area contributed by atoms with E-state index in [4.69, 9.17) is 5.11 Å². The van der Waals surface area contributed by atoms with Gasteiger partial charge in [0.2, 0.25) is 0 Å². The average Bonchev–Trinajstić information content (AvgIpc) is 2.38. The Morgan fingerprint density at radius 1 is 1.47 bits per heavy atom. The molecule has 1 aliphatic rings. The zero-order chi connectivity index (χ0) is 13.8. The number of carboxylic acids is 1. The zero-order valence-electron chi connectivity index (χ0n) is 10.4. The van der Waals surface area contributed by atoms with Crippen LogP contribution < -0.4 is 0 Å². The number of carbonyl (C=O) groups is 2. The van der Waals surface area contributed by atoms with E-state index in [0.29, 0.717) is 18.8 Å². The summed E-state index contributed by atoms with van der Waals surface area (Å²) in [5.74, 6) is -0.880. The van der Waals surface area contributed by atoms with Crippen molar-refractivity contribution in [1.82, 2.24) is 9.88 Å². The van der Waals surface area contributed by atoms with Crippen LogP contribution in [-0.2, 0) is 4.79 Å². The Bertz CT molecular complexity index is 475. The first kappa shape index (κ1) is 14.0. The van der Waals surface area contributed by atoms with Crippen LogP contribution >= 0.6 is 15.9 Å². The molecule has 0 aliphatic carbocycles. The molecule has 1 aromatic heterocycles. The van der Waals surface area contributed by atoms with Crippen LogP contribution in [0.4, 0.5) is 0 Å². The van der Waals surface area contributed by atoms with Crippen LogP contribution in [0.5, 0.6) is 0 Å². The van der Waals surface area contributed by atoms with E-state index in [0.717, 1.165) is 17.3 Å². The highest BCUT2D eigenvalue weighted by atomic mass is 79.9. The maximum Gasteiger partial charge on any atom is 0.303 e. The Hall–Kier alpha value is -1.43. The lowest BCUT2D eigenvalue weighted by Gasteiger charge is -2.31. The number of carbonyl (C=O) groups excluding carboxylic acids is 1. The Morgan fingerprint density at radius 2 is 2.26 bits per heavy atom. The number of aliphatic carboxylic acids is 1. The van der Waals surface area contributed by atoms with Gasteiger partial charge in [-0.25, -0.2) is 4.98 Å². The molecule has 1 unspecified atom stereocenters. The van der Waals surface area contributed by atoms with Gasteiger partial charge in [-0.2, -0.15) is 0 Å². The highest BCUT2D eigenvalue weighted by Crippen LogP contribution is 2.21. The highest BCUT2D eigenvalue weighted by Gasteiger charge is 2.26. The molecule has 1 saturated heterocycles. The van der Waals surface area contributed by atoms with Gasteiger partial charge in [-0.05, 0) is 46.8 Å². The van der Waals surface area contributed by atoms with Crippen LogP contribution in [0.1, 0.15) is 29.8 Å². The Morgan fingerprint density at radius 3 is 2.89 bits per heavy atom. The van der Waals surface area contributed by atoms with Gasteiger partial charge < -0.3 is 10.0 Å². The third-order valence-electron chi connectivity index (χ3n) is 3.22. The van der Waals surface area contributed by atoms with Crippen molar-refractivity contribution in [2.75, 3.05) is 13.1 Å². The summed E-state index contributed by atoms with van der Waals surface area (Å²) >= 11 is 3.27. The van der Waals surface area contributed by atoms with Crippen molar-refractivity contribution < 1.29 is 14.7 Å². The van der Waals surface area contributed by atoms with Gasteiger partial charge in [-0.1, -0.05) is 0 Å². The summed E-state index contributed by atoms with van der Waals surface area (Å²) < 4.78 is 0.825. The minimum Gasteiger partial charge on any atom is -0.481 e. The summed E-state index contributed by atoms with van der Waals surface area (Å²) in [6.45, 7) is 1.18. The van der Waals surface area contributed by atoms with Gasteiger partial charge in [-0.3, -0.25) is 9.59 Å². The third kappa shape index (κ3) is 3.76. The first-order chi connectivity index (χ1) is 9.06. The predicted molar refractivity (Wildman–Crippen MR) is 72.8 cm³/mol. The quantitative estimate of drug-likeness (QED) is 0.924. The molecule has 0 spiro atoms. The first-order valence-corrected chi connectivity index (χ1v) is 6.98. The number of aromatic nitrogens is 1. The molecule has 1 atom stereocenters. The topological polar surface area (TPSA) is 70.5 Å². The van der Waals surface area contributed by atoms with Gasteiger partial charge in [0.1, 0.15) is 5.69 Å². The second-order valence-electron chi connectivity index (χ2n) is 4.72. The number of carboxylic acid groups (broad SMARTS) is 1. The molecular weight excluding hydrogens is 312 g/mol. The number of hydrogen-bond acceptors (Lipinski definition) is 3. The SMILES string of the molecule is O=C(O)CC1CCCN(C(=O)c2ccc(Br)cn2)C1. The van der Waals surface area contributed by atoms with Gasteiger partial charge in [-0.15, -0.1) is 0 Å². The number of halogens is 1. The normalized spacial score (nSPS) is 19.2. The van der Waals surface area contributed by atoms with Crippen molar-refractivity contribution in [2.45, 2.75) is 19.3 Å². The molecule has 1 amide bonds. The Balaban J connectivity index is 2.02. The number of amides is 1. The number of piperidine rings is 1. The molecule has 0 bridgehead atoms. The molecule has 1 aliphatic heterocycles. The monoisotopic (exact) mass is 326 g/mol. The van der Waals surface area contributed by atoms with Crippen LogP contribution in [0.3, 0.4) is 0 Å². The van der Waals surface area contributed by atoms with Crippen molar-refractivity contribution in [3.63, 3.8) is 0 Å². The summed E-state index contributed by atoms with van der Waals surface area (Å²) in [6.07, 6.45) is 3.42. The molecule has 2 heterocycles. The van der Waals surface area contributed by atoms with E-state index in [1.165, 1.54) is 0 Å². The second kappa shape index (κ2) is 6.14. The molecule has 19 heavy (non-hydrogen) atoms. The lowest BCUT2D eigenvalue weighted by atomic mass is 9.94. The molecule has 6 heteroatoms. The molecular formula is C13H15BrN2O3. The molecule has 1 N–H and O–H groups in total. The molecule has 0 radical (unpaired) electrons. The van der Waals surface area contributed by atoms with E-state index in [9.17, 15) is 9.59 Å². The summed E-state index contributed by atoms with van der Waals surface area (Å²) in [6, 6.07) is 3.45. The van der Waals surface area contributed by atoms with Crippen molar-refractivity contribution in [1.29, 1.82) is 0 Å². The van der Waals surface area contributed by atoms with Crippen molar-refractivity contribution >= 4 is 27.8 Å². The van der Waals surface area contributed by atoms with E-state index < -0.39 is 5.97 Å². The standard InChI is InChI=1S/C13H15BrN2O3/c14-10-3-4-11(15-7-10)13(19)16-5-1-2-9(8-16)6-12(17)18/h3-4,7,9H,1-2,5-6,8H2,(H,17,18). The summed E-state index contributed by atoms with van der Waals surface area (Å²) in [7, 11) is 0. The van der Waals surface area contributed by atoms with Gasteiger partial charge >= 0.3 is 5.97 Å². The smallest absolute Gasteiger partial charge is 0.303 e. The van der Waals surface area contributed by atoms with Crippen molar-refractivity contribution in [2.24, 2.45) is 5.92 Å². The Kier molecular flexibility index (Phi) is 4.52. The molecule has 102 valence electrons. The lowest BCUT2D eigenvalue weighted by molar-refractivity contribution is -0.138. The molecule has 1 aromatic rings. The van der Waals surface area contributed by atoms with E-state index >= 15 is 0 Å². The van der Waals surface area contributed by atoms with E-state index in [-0.39, 0.29) is 18.2 Å². The van der Waals surface area contributed by atoms with Crippen LogP contribution in [0.15, 0.2) is 22.8 Å². The van der Waals surface area contributed by atoms with Gasteiger partial charge in [0, 0.05) is 30.2 Å². The molecule has 0 saturated carbocycles. The second-order valence-corrected chi connectivity index (χ2v) is 5.63. The number of likely N-dealkylation sites (tertiary alicyclic amines) is 1. The van der Waals surface area contributed by atoms with Crippen LogP contribution in [-0.4, -0.2) is 40.0 Å². The fourth-order valence-corrected chi connectivity index (χ4v) is 2.56.